The molecule has 1 saturated heterocycles. The first kappa shape index (κ1) is 34.6. The Labute approximate surface area is 274 Å². The van der Waals surface area contributed by atoms with E-state index in [1.807, 2.05) is 13.8 Å². The fraction of sp³-hybridized carbons (Fsp3) is 0.629. The summed E-state index contributed by atoms with van der Waals surface area (Å²) in [5.74, 6) is -4.98. The molecule has 1 aromatic rings. The Morgan fingerprint density at radius 2 is 1.40 bits per heavy atom. The topological polar surface area (TPSA) is 161 Å². The molecule has 5 rings (SSSR count). The molecule has 10 atom stereocenters. The Bertz CT molecular complexity index is 1480. The van der Waals surface area contributed by atoms with Gasteiger partial charge in [-0.25, -0.2) is 4.79 Å². The van der Waals surface area contributed by atoms with Crippen LogP contribution >= 0.6 is 0 Å². The second-order valence-electron chi connectivity index (χ2n) is 14.0. The van der Waals surface area contributed by atoms with E-state index in [4.69, 9.17) is 28.4 Å². The molecule has 3 aliphatic carbocycles. The number of carbonyl (C=O) groups excluding carboxylic acids is 5. The summed E-state index contributed by atoms with van der Waals surface area (Å²) in [5, 5.41) is 12.6. The van der Waals surface area contributed by atoms with Crippen LogP contribution in [0.25, 0.3) is 0 Å². The first-order valence-corrected chi connectivity index (χ1v) is 15.9. The van der Waals surface area contributed by atoms with Crippen LogP contribution < -0.4 is 0 Å². The fourth-order valence-corrected chi connectivity index (χ4v) is 8.84. The minimum absolute atomic E-state index is 0.0369. The van der Waals surface area contributed by atoms with Gasteiger partial charge >= 0.3 is 29.8 Å². The molecule has 12 heteroatoms. The standard InChI is InChI=1S/C35H44O12/c1-17-24(43-18(2)36)14-23-28(47-32(40)22-12-10-9-11-13-22)30-34(8,25(44-19(3)37)15-26-35(30,41)16-42-26)31(46-21(5)39)29(45-20(4)38)27(17)33(23,6)7/h9-13,23-26,28-31,41H,14-16H2,1-8H3/t23-,24-,25-,26+,28+,29+,30-,31-,34+,35-/m0/s1. The zero-order valence-corrected chi connectivity index (χ0v) is 28.1. The first-order chi connectivity index (χ1) is 21.9. The maximum atomic E-state index is 14.0. The van der Waals surface area contributed by atoms with Crippen LogP contribution in [-0.2, 0) is 47.6 Å². The Morgan fingerprint density at radius 3 is 1.94 bits per heavy atom. The average molecular weight is 657 g/mol. The highest BCUT2D eigenvalue weighted by Crippen LogP contribution is 2.64. The van der Waals surface area contributed by atoms with Crippen LogP contribution in [0, 0.1) is 22.7 Å². The molecule has 1 heterocycles. The van der Waals surface area contributed by atoms with Crippen LogP contribution in [0.4, 0.5) is 0 Å². The van der Waals surface area contributed by atoms with Crippen LogP contribution in [0.2, 0.25) is 0 Å². The molecule has 12 nitrogen and oxygen atoms in total. The summed E-state index contributed by atoms with van der Waals surface area (Å²) in [6, 6.07) is 8.38. The second-order valence-corrected chi connectivity index (χ2v) is 14.0. The van der Waals surface area contributed by atoms with Gasteiger partial charge in [0.05, 0.1) is 23.7 Å². The predicted octanol–water partition coefficient (Wildman–Crippen LogP) is 3.47. The van der Waals surface area contributed by atoms with Crippen molar-refractivity contribution in [3.05, 3.63) is 47.0 Å². The molecular weight excluding hydrogens is 612 g/mol. The second kappa shape index (κ2) is 12.4. The van der Waals surface area contributed by atoms with E-state index in [0.717, 1.165) is 0 Å². The third-order valence-corrected chi connectivity index (χ3v) is 10.8. The number of hydrogen-bond donors (Lipinski definition) is 1. The van der Waals surface area contributed by atoms with Crippen molar-refractivity contribution < 1.29 is 57.5 Å². The molecule has 0 unspecified atom stereocenters. The molecule has 1 aliphatic heterocycles. The SMILES string of the molecule is CC(=O)O[C@H]1C[C@H]2[C@@H](OC(=O)c3ccccc3)[C@@H]3[C@]4(O)CO[C@@H]4C[C@H](OC(C)=O)[C@@]3(C)[C@@H](OC(C)=O)[C@H](OC(C)=O)C(=C1C)C2(C)C. The third-order valence-electron chi connectivity index (χ3n) is 10.8. The van der Waals surface area contributed by atoms with E-state index in [1.54, 1.807) is 44.2 Å². The van der Waals surface area contributed by atoms with Gasteiger partial charge in [0, 0.05) is 46.0 Å². The lowest BCUT2D eigenvalue weighted by Gasteiger charge is -2.67. The number of esters is 5. The number of ether oxygens (including phenoxy) is 6. The lowest BCUT2D eigenvalue weighted by Crippen LogP contribution is -2.79. The van der Waals surface area contributed by atoms with Crippen molar-refractivity contribution in [2.45, 2.75) is 110 Å². The quantitative estimate of drug-likeness (QED) is 0.270. The molecule has 0 aromatic heterocycles. The molecule has 47 heavy (non-hydrogen) atoms. The van der Waals surface area contributed by atoms with Crippen molar-refractivity contribution in [1.29, 1.82) is 0 Å². The van der Waals surface area contributed by atoms with Crippen molar-refractivity contribution in [2.75, 3.05) is 6.61 Å². The van der Waals surface area contributed by atoms with Crippen LogP contribution in [0.3, 0.4) is 0 Å². The molecule has 256 valence electrons. The van der Waals surface area contributed by atoms with E-state index < -0.39 is 94.7 Å². The molecule has 1 aromatic carbocycles. The first-order valence-electron chi connectivity index (χ1n) is 15.9. The van der Waals surface area contributed by atoms with Gasteiger partial charge in [0.2, 0.25) is 0 Å². The van der Waals surface area contributed by atoms with E-state index in [-0.39, 0.29) is 25.0 Å². The average Bonchev–Trinajstić information content (AvgIpc) is 2.96. The molecule has 2 bridgehead atoms. The van der Waals surface area contributed by atoms with Gasteiger partial charge in [-0.15, -0.1) is 0 Å². The molecule has 4 aliphatic rings. The van der Waals surface area contributed by atoms with Gasteiger partial charge in [0.25, 0.3) is 0 Å². The van der Waals surface area contributed by atoms with Crippen LogP contribution in [0.15, 0.2) is 41.5 Å². The van der Waals surface area contributed by atoms with E-state index in [9.17, 15) is 29.1 Å². The van der Waals surface area contributed by atoms with E-state index in [0.29, 0.717) is 11.1 Å². The number of rotatable bonds is 6. The molecule has 0 spiro atoms. The summed E-state index contributed by atoms with van der Waals surface area (Å²) in [7, 11) is 0. The fourth-order valence-electron chi connectivity index (χ4n) is 8.84. The molecule has 0 radical (unpaired) electrons. The Morgan fingerprint density at radius 1 is 0.809 bits per heavy atom. The van der Waals surface area contributed by atoms with Crippen molar-refractivity contribution in [2.24, 2.45) is 22.7 Å². The molecule has 2 saturated carbocycles. The smallest absolute Gasteiger partial charge is 0.338 e. The lowest BCUT2D eigenvalue weighted by atomic mass is 9.45. The Hall–Kier alpha value is -3.77. The highest BCUT2D eigenvalue weighted by Gasteiger charge is 2.75. The number of hydrogen-bond acceptors (Lipinski definition) is 12. The van der Waals surface area contributed by atoms with Crippen LogP contribution in [0.5, 0.6) is 0 Å². The minimum atomic E-state index is -1.65. The molecule has 0 amide bonds. The largest absolute Gasteiger partial charge is 0.462 e. The molecular formula is C35H44O12. The third kappa shape index (κ3) is 5.83. The Balaban J connectivity index is 1.86. The monoisotopic (exact) mass is 656 g/mol. The normalized spacial score (nSPS) is 37.0. The minimum Gasteiger partial charge on any atom is -0.462 e. The van der Waals surface area contributed by atoms with Crippen LogP contribution in [0.1, 0.15) is 78.6 Å². The van der Waals surface area contributed by atoms with E-state index in [2.05, 4.69) is 0 Å². The molecule has 1 N–H and O–H groups in total. The van der Waals surface area contributed by atoms with Gasteiger partial charge in [-0.2, -0.15) is 0 Å². The van der Waals surface area contributed by atoms with Gasteiger partial charge in [0.15, 0.2) is 12.2 Å². The number of aliphatic hydroxyl groups is 1. The van der Waals surface area contributed by atoms with Gasteiger partial charge in [-0.1, -0.05) is 39.0 Å². The van der Waals surface area contributed by atoms with Crippen molar-refractivity contribution in [3.63, 3.8) is 0 Å². The van der Waals surface area contributed by atoms with Gasteiger partial charge < -0.3 is 33.5 Å². The number of fused-ring (bicyclic) bond motifs is 5. The summed E-state index contributed by atoms with van der Waals surface area (Å²) in [6.07, 6.45) is -6.21. The number of benzene rings is 1. The van der Waals surface area contributed by atoms with E-state index in [1.165, 1.54) is 27.7 Å². The van der Waals surface area contributed by atoms with Gasteiger partial charge in [-0.3, -0.25) is 19.2 Å². The summed E-state index contributed by atoms with van der Waals surface area (Å²) in [4.78, 5) is 64.8. The van der Waals surface area contributed by atoms with E-state index >= 15 is 0 Å². The van der Waals surface area contributed by atoms with Crippen molar-refractivity contribution in [1.82, 2.24) is 0 Å². The summed E-state index contributed by atoms with van der Waals surface area (Å²) in [6.45, 7) is 12.1. The zero-order valence-electron chi connectivity index (χ0n) is 28.1. The highest BCUT2D eigenvalue weighted by atomic mass is 16.6. The molecule has 3 fully saturated rings. The maximum absolute atomic E-state index is 14.0. The highest BCUT2D eigenvalue weighted by molar-refractivity contribution is 5.89. The lowest BCUT2D eigenvalue weighted by molar-refractivity contribution is -0.353. The van der Waals surface area contributed by atoms with Crippen molar-refractivity contribution in [3.8, 4) is 0 Å². The van der Waals surface area contributed by atoms with Crippen molar-refractivity contribution >= 4 is 29.8 Å². The summed E-state index contributed by atoms with van der Waals surface area (Å²) < 4.78 is 36.3. The zero-order chi connectivity index (χ0) is 34.6. The van der Waals surface area contributed by atoms with Gasteiger partial charge in [0.1, 0.15) is 23.9 Å². The summed E-state index contributed by atoms with van der Waals surface area (Å²) >= 11 is 0. The number of carbonyl (C=O) groups is 5. The van der Waals surface area contributed by atoms with Crippen LogP contribution in [-0.4, -0.2) is 83.8 Å². The maximum Gasteiger partial charge on any atom is 0.338 e. The van der Waals surface area contributed by atoms with Gasteiger partial charge in [-0.05, 0) is 42.0 Å². The summed E-state index contributed by atoms with van der Waals surface area (Å²) in [5.41, 5.74) is -2.74. The Kier molecular flexibility index (Phi) is 9.08. The predicted molar refractivity (Wildman–Crippen MR) is 163 cm³/mol.